The molecular weight excluding hydrogens is 256 g/mol. The van der Waals surface area contributed by atoms with Gasteiger partial charge in [-0.05, 0) is 38.3 Å². The molecule has 0 radical (unpaired) electrons. The lowest BCUT2D eigenvalue weighted by Crippen LogP contribution is -2.60. The zero-order chi connectivity index (χ0) is 14.2. The summed E-state index contributed by atoms with van der Waals surface area (Å²) in [5.74, 6) is -0.101. The Morgan fingerprint density at radius 3 is 2.70 bits per heavy atom. The number of nitrogens with zero attached hydrogens (tertiary/aromatic N) is 1. The number of piperidine rings is 1. The van der Waals surface area contributed by atoms with Gasteiger partial charge < -0.3 is 15.0 Å². The lowest BCUT2D eigenvalue weighted by Gasteiger charge is -2.38. The van der Waals surface area contributed by atoms with Gasteiger partial charge in [0.1, 0.15) is 5.75 Å². The zero-order valence-electron chi connectivity index (χ0n) is 11.5. The summed E-state index contributed by atoms with van der Waals surface area (Å²) >= 11 is 0. The van der Waals surface area contributed by atoms with Crippen LogP contribution in [-0.4, -0.2) is 35.4 Å². The number of ether oxygens (including phenoxy) is 1. The zero-order valence-corrected chi connectivity index (χ0v) is 11.5. The largest absolute Gasteiger partial charge is 0.466 e. The molecule has 0 saturated carbocycles. The number of anilines is 1. The summed E-state index contributed by atoms with van der Waals surface area (Å²) < 4.78 is 5.74. The Morgan fingerprint density at radius 1 is 1.25 bits per heavy atom. The lowest BCUT2D eigenvalue weighted by molar-refractivity contribution is -0.155. The van der Waals surface area contributed by atoms with Crippen LogP contribution in [0, 0.1) is 0 Å². The van der Waals surface area contributed by atoms with Gasteiger partial charge in [0.25, 0.3) is 17.4 Å². The van der Waals surface area contributed by atoms with Crippen LogP contribution < -0.4 is 10.1 Å². The molecule has 1 N–H and O–H groups in total. The number of amides is 2. The van der Waals surface area contributed by atoms with Crippen molar-refractivity contribution in [3.8, 4) is 5.75 Å². The van der Waals surface area contributed by atoms with Crippen LogP contribution >= 0.6 is 0 Å². The number of nitrogens with one attached hydrogen (secondary N) is 1. The van der Waals surface area contributed by atoms with Gasteiger partial charge in [0.05, 0.1) is 5.69 Å². The van der Waals surface area contributed by atoms with Crippen LogP contribution in [-0.2, 0) is 9.59 Å². The van der Waals surface area contributed by atoms with E-state index in [1.807, 2.05) is 12.1 Å². The van der Waals surface area contributed by atoms with Crippen LogP contribution in [0.15, 0.2) is 24.3 Å². The third-order valence-electron chi connectivity index (χ3n) is 3.93. The summed E-state index contributed by atoms with van der Waals surface area (Å²) in [6.45, 7) is 2.95. The molecule has 1 unspecified atom stereocenters. The smallest absolute Gasteiger partial charge is 0.278 e. The molecule has 0 aliphatic carbocycles. The first kappa shape index (κ1) is 13.0. The average molecular weight is 274 g/mol. The van der Waals surface area contributed by atoms with Crippen LogP contribution in [0.3, 0.4) is 0 Å². The van der Waals surface area contributed by atoms with Crippen LogP contribution in [0.4, 0.5) is 5.69 Å². The Kier molecular flexibility index (Phi) is 3.12. The van der Waals surface area contributed by atoms with E-state index in [1.54, 1.807) is 24.0 Å². The lowest BCUT2D eigenvalue weighted by atomic mass is 9.99. The van der Waals surface area contributed by atoms with Crippen molar-refractivity contribution in [2.75, 3.05) is 18.4 Å². The van der Waals surface area contributed by atoms with Gasteiger partial charge >= 0.3 is 0 Å². The molecule has 2 aliphatic rings. The van der Waals surface area contributed by atoms with Crippen LogP contribution in [0.5, 0.6) is 5.75 Å². The second-order valence-electron chi connectivity index (χ2n) is 5.44. The quantitative estimate of drug-likeness (QED) is 0.794. The minimum atomic E-state index is -1.47. The van der Waals surface area contributed by atoms with Gasteiger partial charge in [-0.15, -0.1) is 0 Å². The number of rotatable bonds is 1. The number of carbonyl (C=O) groups excluding carboxylic acids is 2. The first-order chi connectivity index (χ1) is 9.61. The number of benzene rings is 1. The Bertz CT molecular complexity index is 552. The second kappa shape index (κ2) is 4.81. The summed E-state index contributed by atoms with van der Waals surface area (Å²) in [5, 5.41) is 2.76. The van der Waals surface area contributed by atoms with Crippen molar-refractivity contribution in [1.29, 1.82) is 0 Å². The van der Waals surface area contributed by atoms with E-state index in [0.717, 1.165) is 19.3 Å². The van der Waals surface area contributed by atoms with E-state index in [9.17, 15) is 9.59 Å². The van der Waals surface area contributed by atoms with E-state index in [4.69, 9.17) is 4.74 Å². The fourth-order valence-corrected chi connectivity index (χ4v) is 2.71. The van der Waals surface area contributed by atoms with Crippen LogP contribution in [0.2, 0.25) is 0 Å². The van der Waals surface area contributed by atoms with Gasteiger partial charge in [-0.2, -0.15) is 0 Å². The maximum absolute atomic E-state index is 12.6. The van der Waals surface area contributed by atoms with Crippen molar-refractivity contribution in [1.82, 2.24) is 4.90 Å². The molecule has 106 valence electrons. The highest BCUT2D eigenvalue weighted by molar-refractivity contribution is 6.15. The summed E-state index contributed by atoms with van der Waals surface area (Å²) in [5.41, 5.74) is -0.854. The SMILES string of the molecule is CC1(C(=O)N2CCCCC2)Oc2ccccc2NC1=O. The minimum absolute atomic E-state index is 0.246. The van der Waals surface area contributed by atoms with E-state index in [0.29, 0.717) is 24.5 Å². The average Bonchev–Trinajstić information content (AvgIpc) is 2.48. The van der Waals surface area contributed by atoms with Crippen LogP contribution in [0.1, 0.15) is 26.2 Å². The highest BCUT2D eigenvalue weighted by atomic mass is 16.5. The molecule has 2 heterocycles. The van der Waals surface area contributed by atoms with Crippen molar-refractivity contribution in [3.05, 3.63) is 24.3 Å². The van der Waals surface area contributed by atoms with E-state index < -0.39 is 11.5 Å². The van der Waals surface area contributed by atoms with Crippen molar-refractivity contribution in [2.24, 2.45) is 0 Å². The first-order valence-corrected chi connectivity index (χ1v) is 7.00. The molecular formula is C15H18N2O3. The van der Waals surface area contributed by atoms with Crippen LogP contribution in [0.25, 0.3) is 0 Å². The molecule has 1 aromatic carbocycles. The molecule has 5 nitrogen and oxygen atoms in total. The third-order valence-corrected chi connectivity index (χ3v) is 3.93. The number of hydrogen-bond acceptors (Lipinski definition) is 3. The summed E-state index contributed by atoms with van der Waals surface area (Å²) in [4.78, 5) is 26.6. The van der Waals surface area contributed by atoms with Gasteiger partial charge in [-0.3, -0.25) is 9.59 Å². The fraction of sp³-hybridized carbons (Fsp3) is 0.467. The molecule has 1 fully saturated rings. The summed E-state index contributed by atoms with van der Waals surface area (Å²) in [6, 6.07) is 7.16. The van der Waals surface area contributed by atoms with Gasteiger partial charge in [0, 0.05) is 13.1 Å². The molecule has 1 atom stereocenters. The summed E-state index contributed by atoms with van der Waals surface area (Å²) in [7, 11) is 0. The molecule has 2 amide bonds. The molecule has 1 saturated heterocycles. The topological polar surface area (TPSA) is 58.6 Å². The second-order valence-corrected chi connectivity index (χ2v) is 5.44. The van der Waals surface area contributed by atoms with E-state index in [2.05, 4.69) is 5.32 Å². The van der Waals surface area contributed by atoms with Crippen molar-refractivity contribution < 1.29 is 14.3 Å². The van der Waals surface area contributed by atoms with Crippen molar-refractivity contribution >= 4 is 17.5 Å². The number of hydrogen-bond donors (Lipinski definition) is 1. The third kappa shape index (κ3) is 2.03. The molecule has 3 rings (SSSR count). The maximum atomic E-state index is 12.6. The van der Waals surface area contributed by atoms with Gasteiger partial charge in [-0.25, -0.2) is 0 Å². The Labute approximate surface area is 117 Å². The molecule has 1 aromatic rings. The molecule has 0 aromatic heterocycles. The van der Waals surface area contributed by atoms with E-state index >= 15 is 0 Å². The van der Waals surface area contributed by atoms with E-state index in [-0.39, 0.29) is 5.91 Å². The minimum Gasteiger partial charge on any atom is -0.466 e. The molecule has 0 spiro atoms. The highest BCUT2D eigenvalue weighted by Gasteiger charge is 2.49. The van der Waals surface area contributed by atoms with Gasteiger partial charge in [-0.1, -0.05) is 12.1 Å². The molecule has 2 aliphatic heterocycles. The van der Waals surface area contributed by atoms with E-state index in [1.165, 1.54) is 0 Å². The first-order valence-electron chi connectivity index (χ1n) is 7.00. The maximum Gasteiger partial charge on any atom is 0.278 e. The number of likely N-dealkylation sites (tertiary alicyclic amines) is 1. The number of carbonyl (C=O) groups is 2. The normalized spacial score (nSPS) is 25.4. The Balaban J connectivity index is 1.88. The number of fused-ring (bicyclic) bond motifs is 1. The standard InChI is InChI=1S/C15H18N2O3/c1-15(14(19)17-9-5-2-6-10-17)13(18)16-11-7-3-4-8-12(11)20-15/h3-4,7-8H,2,5-6,9-10H2,1H3,(H,16,18). The molecule has 0 bridgehead atoms. The van der Waals surface area contributed by atoms with Gasteiger partial charge in [0.2, 0.25) is 0 Å². The van der Waals surface area contributed by atoms with Gasteiger partial charge in [0.15, 0.2) is 0 Å². The highest BCUT2D eigenvalue weighted by Crippen LogP contribution is 2.34. The van der Waals surface area contributed by atoms with Crippen molar-refractivity contribution in [2.45, 2.75) is 31.8 Å². The molecule has 20 heavy (non-hydrogen) atoms. The Hall–Kier alpha value is -2.04. The van der Waals surface area contributed by atoms with Crippen molar-refractivity contribution in [3.63, 3.8) is 0 Å². The monoisotopic (exact) mass is 274 g/mol. The Morgan fingerprint density at radius 2 is 1.95 bits per heavy atom. The molecule has 5 heteroatoms. The number of para-hydroxylation sites is 2. The predicted octanol–water partition coefficient (Wildman–Crippen LogP) is 1.79. The predicted molar refractivity (Wildman–Crippen MR) is 74.5 cm³/mol. The summed E-state index contributed by atoms with van der Waals surface area (Å²) in [6.07, 6.45) is 3.11. The fourth-order valence-electron chi connectivity index (χ4n) is 2.71.